The molecule has 0 spiro atoms. The van der Waals surface area contributed by atoms with Crippen molar-refractivity contribution >= 4 is 28.4 Å². The molecule has 0 aromatic heterocycles. The number of benzene rings is 3. The molecule has 0 aliphatic carbocycles. The molecule has 3 aromatic rings. The lowest BCUT2D eigenvalue weighted by Gasteiger charge is -2.19. The standard InChI is InChI=1S/C18H11NO4/c19-12-6-1-2-7-13(12)22-14-9-8-10-4-3-5-11-15(10)16(14)18(21)23-17(11)20/h1-9H,19H2. The van der Waals surface area contributed by atoms with E-state index in [1.54, 1.807) is 48.5 Å². The lowest BCUT2D eigenvalue weighted by atomic mass is 9.96. The highest BCUT2D eigenvalue weighted by Crippen LogP contribution is 2.37. The first-order valence-corrected chi connectivity index (χ1v) is 7.00. The summed E-state index contributed by atoms with van der Waals surface area (Å²) >= 11 is 0. The van der Waals surface area contributed by atoms with Crippen molar-refractivity contribution in [3.63, 3.8) is 0 Å². The fraction of sp³-hybridized carbons (Fsp3) is 0. The number of ether oxygens (including phenoxy) is 2. The topological polar surface area (TPSA) is 78.6 Å². The van der Waals surface area contributed by atoms with E-state index in [4.69, 9.17) is 15.2 Å². The number of carbonyl (C=O) groups excluding carboxylic acids is 2. The molecule has 0 saturated carbocycles. The molecule has 0 bridgehead atoms. The van der Waals surface area contributed by atoms with Gasteiger partial charge in [0.05, 0.1) is 11.3 Å². The Hall–Kier alpha value is -3.34. The van der Waals surface area contributed by atoms with E-state index < -0.39 is 11.9 Å². The second-order valence-electron chi connectivity index (χ2n) is 5.16. The van der Waals surface area contributed by atoms with Crippen LogP contribution in [-0.2, 0) is 4.74 Å². The largest absolute Gasteiger partial charge is 0.454 e. The fourth-order valence-electron chi connectivity index (χ4n) is 2.70. The number of cyclic esters (lactones) is 2. The molecular formula is C18H11NO4. The molecule has 0 atom stereocenters. The first-order chi connectivity index (χ1) is 11.1. The summed E-state index contributed by atoms with van der Waals surface area (Å²) in [4.78, 5) is 24.1. The predicted octanol–water partition coefficient (Wildman–Crippen LogP) is 3.52. The lowest BCUT2D eigenvalue weighted by molar-refractivity contribution is 0.0389. The molecule has 4 rings (SSSR count). The number of esters is 2. The van der Waals surface area contributed by atoms with Gasteiger partial charge in [-0.15, -0.1) is 0 Å². The molecule has 5 heteroatoms. The summed E-state index contributed by atoms with van der Waals surface area (Å²) in [7, 11) is 0. The Morgan fingerprint density at radius 1 is 0.826 bits per heavy atom. The number of nitrogen functional groups attached to an aromatic ring is 1. The van der Waals surface area contributed by atoms with Crippen LogP contribution in [0.5, 0.6) is 11.5 Å². The fourth-order valence-corrected chi connectivity index (χ4v) is 2.70. The highest BCUT2D eigenvalue weighted by Gasteiger charge is 2.30. The number of hydrogen-bond donors (Lipinski definition) is 1. The van der Waals surface area contributed by atoms with Crippen LogP contribution >= 0.6 is 0 Å². The molecule has 0 fully saturated rings. The molecule has 112 valence electrons. The number of rotatable bonds is 2. The minimum absolute atomic E-state index is 0.237. The van der Waals surface area contributed by atoms with Crippen LogP contribution in [0.15, 0.2) is 54.6 Å². The zero-order valence-corrected chi connectivity index (χ0v) is 11.9. The quantitative estimate of drug-likeness (QED) is 0.445. The number of anilines is 1. The molecule has 1 aliphatic heterocycles. The van der Waals surface area contributed by atoms with E-state index in [1.807, 2.05) is 6.07 Å². The average Bonchev–Trinajstić information content (AvgIpc) is 2.55. The number of carbonyl (C=O) groups is 2. The van der Waals surface area contributed by atoms with Crippen molar-refractivity contribution < 1.29 is 19.1 Å². The van der Waals surface area contributed by atoms with Crippen molar-refractivity contribution in [2.24, 2.45) is 0 Å². The third-order valence-corrected chi connectivity index (χ3v) is 3.76. The highest BCUT2D eigenvalue weighted by molar-refractivity contribution is 6.22. The molecule has 2 N–H and O–H groups in total. The molecule has 0 radical (unpaired) electrons. The molecule has 1 heterocycles. The Morgan fingerprint density at radius 3 is 2.48 bits per heavy atom. The summed E-state index contributed by atoms with van der Waals surface area (Å²) in [6, 6.07) is 15.6. The van der Waals surface area contributed by atoms with Gasteiger partial charge in [-0.3, -0.25) is 0 Å². The van der Waals surface area contributed by atoms with Crippen molar-refractivity contribution in [1.29, 1.82) is 0 Å². The summed E-state index contributed by atoms with van der Waals surface area (Å²) in [5.41, 5.74) is 6.92. The van der Waals surface area contributed by atoms with Gasteiger partial charge in [-0.05, 0) is 29.7 Å². The average molecular weight is 305 g/mol. The zero-order valence-electron chi connectivity index (χ0n) is 11.9. The third-order valence-electron chi connectivity index (χ3n) is 3.76. The van der Waals surface area contributed by atoms with Crippen LogP contribution in [0.2, 0.25) is 0 Å². The summed E-state index contributed by atoms with van der Waals surface area (Å²) in [5, 5.41) is 1.32. The lowest BCUT2D eigenvalue weighted by Crippen LogP contribution is -2.20. The van der Waals surface area contributed by atoms with E-state index in [0.717, 1.165) is 5.39 Å². The van der Waals surface area contributed by atoms with Crippen LogP contribution in [-0.4, -0.2) is 11.9 Å². The molecular weight excluding hydrogens is 294 g/mol. The first-order valence-electron chi connectivity index (χ1n) is 7.00. The van der Waals surface area contributed by atoms with E-state index >= 15 is 0 Å². The van der Waals surface area contributed by atoms with Crippen LogP contribution in [0.25, 0.3) is 10.8 Å². The van der Waals surface area contributed by atoms with Crippen LogP contribution < -0.4 is 10.5 Å². The van der Waals surface area contributed by atoms with Gasteiger partial charge in [-0.2, -0.15) is 0 Å². The van der Waals surface area contributed by atoms with Gasteiger partial charge < -0.3 is 15.2 Å². The van der Waals surface area contributed by atoms with E-state index in [2.05, 4.69) is 0 Å². The molecule has 0 amide bonds. The van der Waals surface area contributed by atoms with Gasteiger partial charge in [-0.1, -0.05) is 30.3 Å². The van der Waals surface area contributed by atoms with E-state index in [1.165, 1.54) is 0 Å². The number of para-hydroxylation sites is 2. The summed E-state index contributed by atoms with van der Waals surface area (Å²) in [6.07, 6.45) is 0. The van der Waals surface area contributed by atoms with Crippen molar-refractivity contribution in [3.05, 3.63) is 65.7 Å². The van der Waals surface area contributed by atoms with E-state index in [-0.39, 0.29) is 5.56 Å². The second kappa shape index (κ2) is 4.84. The minimum atomic E-state index is -0.719. The van der Waals surface area contributed by atoms with Crippen molar-refractivity contribution in [2.45, 2.75) is 0 Å². The van der Waals surface area contributed by atoms with Crippen molar-refractivity contribution in [1.82, 2.24) is 0 Å². The van der Waals surface area contributed by atoms with Gasteiger partial charge >= 0.3 is 11.9 Å². The SMILES string of the molecule is Nc1ccccc1Oc1ccc2cccc3c2c1C(=O)OC3=O. The van der Waals surface area contributed by atoms with Crippen LogP contribution in [0.4, 0.5) is 5.69 Å². The van der Waals surface area contributed by atoms with Gasteiger partial charge in [0.15, 0.2) is 0 Å². The first kappa shape index (κ1) is 13.3. The monoisotopic (exact) mass is 305 g/mol. The van der Waals surface area contributed by atoms with E-state index in [0.29, 0.717) is 28.1 Å². The van der Waals surface area contributed by atoms with Gasteiger partial charge in [0, 0.05) is 5.39 Å². The van der Waals surface area contributed by atoms with Gasteiger partial charge in [0.2, 0.25) is 0 Å². The zero-order chi connectivity index (χ0) is 16.0. The third kappa shape index (κ3) is 2.02. The highest BCUT2D eigenvalue weighted by atomic mass is 16.6. The molecule has 3 aromatic carbocycles. The number of hydrogen-bond acceptors (Lipinski definition) is 5. The maximum Gasteiger partial charge on any atom is 0.350 e. The number of nitrogens with two attached hydrogens (primary N) is 1. The Morgan fingerprint density at radius 2 is 1.65 bits per heavy atom. The summed E-state index contributed by atoms with van der Waals surface area (Å²) < 4.78 is 10.6. The Balaban J connectivity index is 1.96. The Kier molecular flexibility index (Phi) is 2.81. The normalized spacial score (nSPS) is 13.0. The Labute approximate surface area is 131 Å². The Bertz CT molecular complexity index is 978. The minimum Gasteiger partial charge on any atom is -0.454 e. The van der Waals surface area contributed by atoms with Gasteiger partial charge in [0.25, 0.3) is 0 Å². The maximum atomic E-state index is 12.2. The summed E-state index contributed by atoms with van der Waals surface area (Å²) in [5.74, 6) is -0.626. The van der Waals surface area contributed by atoms with Crippen LogP contribution in [0.1, 0.15) is 20.7 Å². The molecule has 23 heavy (non-hydrogen) atoms. The van der Waals surface area contributed by atoms with Crippen molar-refractivity contribution in [3.8, 4) is 11.5 Å². The second-order valence-corrected chi connectivity index (χ2v) is 5.16. The molecule has 1 aliphatic rings. The molecule has 5 nitrogen and oxygen atoms in total. The van der Waals surface area contributed by atoms with Crippen molar-refractivity contribution in [2.75, 3.05) is 5.73 Å². The van der Waals surface area contributed by atoms with Gasteiger partial charge in [0.1, 0.15) is 17.1 Å². The maximum absolute atomic E-state index is 12.2. The van der Waals surface area contributed by atoms with Crippen LogP contribution in [0, 0.1) is 0 Å². The smallest absolute Gasteiger partial charge is 0.350 e. The summed E-state index contributed by atoms with van der Waals surface area (Å²) in [6.45, 7) is 0. The molecule has 0 unspecified atom stereocenters. The van der Waals surface area contributed by atoms with E-state index in [9.17, 15) is 9.59 Å². The molecule has 0 saturated heterocycles. The van der Waals surface area contributed by atoms with Gasteiger partial charge in [-0.25, -0.2) is 9.59 Å². The predicted molar refractivity (Wildman–Crippen MR) is 84.6 cm³/mol. The van der Waals surface area contributed by atoms with Crippen LogP contribution in [0.3, 0.4) is 0 Å².